The maximum absolute atomic E-state index is 11.9. The van der Waals surface area contributed by atoms with Gasteiger partial charge < -0.3 is 10.3 Å². The molecule has 0 spiro atoms. The van der Waals surface area contributed by atoms with Gasteiger partial charge in [0.2, 0.25) is 0 Å². The van der Waals surface area contributed by atoms with E-state index in [0.717, 1.165) is 33.8 Å². The van der Waals surface area contributed by atoms with Crippen LogP contribution >= 0.6 is 15.9 Å². The predicted molar refractivity (Wildman–Crippen MR) is 66.5 cm³/mol. The molecule has 1 aliphatic carbocycles. The highest BCUT2D eigenvalue weighted by molar-refractivity contribution is 9.10. The van der Waals surface area contributed by atoms with Crippen LogP contribution in [-0.4, -0.2) is 16.9 Å². The number of aromatic nitrogens is 1. The van der Waals surface area contributed by atoms with Gasteiger partial charge in [-0.05, 0) is 31.0 Å². The van der Waals surface area contributed by atoms with Crippen molar-refractivity contribution in [1.29, 1.82) is 0 Å². The summed E-state index contributed by atoms with van der Waals surface area (Å²) in [5.74, 6) is 0.0202. The lowest BCUT2D eigenvalue weighted by Gasteiger charge is -2.01. The molecule has 1 aliphatic rings. The van der Waals surface area contributed by atoms with Crippen LogP contribution in [0.25, 0.3) is 10.9 Å². The van der Waals surface area contributed by atoms with E-state index in [2.05, 4.69) is 26.2 Å². The summed E-state index contributed by atoms with van der Waals surface area (Å²) in [5, 5.41) is 3.96. The lowest BCUT2D eigenvalue weighted by Crippen LogP contribution is -2.25. The van der Waals surface area contributed by atoms with E-state index in [9.17, 15) is 4.79 Å². The maximum Gasteiger partial charge on any atom is 0.253 e. The average Bonchev–Trinajstić information content (AvgIpc) is 2.96. The molecule has 1 amide bonds. The molecule has 16 heavy (non-hydrogen) atoms. The molecule has 0 aliphatic heterocycles. The quantitative estimate of drug-likeness (QED) is 0.872. The molecule has 0 atom stereocenters. The molecule has 0 saturated heterocycles. The molecule has 3 nitrogen and oxygen atoms in total. The van der Waals surface area contributed by atoms with Crippen molar-refractivity contribution < 1.29 is 4.79 Å². The maximum atomic E-state index is 11.9. The molecule has 1 saturated carbocycles. The van der Waals surface area contributed by atoms with Gasteiger partial charge in [-0.15, -0.1) is 0 Å². The third-order valence-corrected chi connectivity index (χ3v) is 3.29. The SMILES string of the molecule is O=C(NC1CC1)c1c[nH]c2ccc(Br)cc12. The van der Waals surface area contributed by atoms with E-state index in [4.69, 9.17) is 0 Å². The minimum Gasteiger partial charge on any atom is -0.360 e. The molecule has 0 radical (unpaired) electrons. The van der Waals surface area contributed by atoms with Crippen molar-refractivity contribution in [2.75, 3.05) is 0 Å². The number of rotatable bonds is 2. The molecule has 1 heterocycles. The summed E-state index contributed by atoms with van der Waals surface area (Å²) in [5.41, 5.74) is 1.72. The molecule has 2 aromatic rings. The number of fused-ring (bicyclic) bond motifs is 1. The minimum atomic E-state index is 0.0202. The first-order valence-electron chi connectivity index (χ1n) is 5.31. The van der Waals surface area contributed by atoms with Gasteiger partial charge in [0, 0.05) is 27.6 Å². The first-order chi connectivity index (χ1) is 7.74. The second-order valence-electron chi connectivity index (χ2n) is 4.14. The number of nitrogens with one attached hydrogen (secondary N) is 2. The van der Waals surface area contributed by atoms with Gasteiger partial charge in [-0.3, -0.25) is 4.79 Å². The van der Waals surface area contributed by atoms with Crippen molar-refractivity contribution >= 4 is 32.7 Å². The largest absolute Gasteiger partial charge is 0.360 e. The zero-order chi connectivity index (χ0) is 11.1. The number of carbonyl (C=O) groups excluding carboxylic acids is 1. The molecular weight excluding hydrogens is 268 g/mol. The third-order valence-electron chi connectivity index (χ3n) is 2.80. The minimum absolute atomic E-state index is 0.0202. The topological polar surface area (TPSA) is 44.9 Å². The lowest BCUT2D eigenvalue weighted by molar-refractivity contribution is 0.0953. The van der Waals surface area contributed by atoms with Crippen LogP contribution < -0.4 is 5.32 Å². The second kappa shape index (κ2) is 3.63. The Bertz CT molecular complexity index is 557. The highest BCUT2D eigenvalue weighted by Gasteiger charge is 2.24. The fourth-order valence-corrected chi connectivity index (χ4v) is 2.13. The van der Waals surface area contributed by atoms with Crippen molar-refractivity contribution in [1.82, 2.24) is 10.3 Å². The molecule has 3 rings (SSSR count). The van der Waals surface area contributed by atoms with Gasteiger partial charge >= 0.3 is 0 Å². The van der Waals surface area contributed by atoms with Gasteiger partial charge in [-0.25, -0.2) is 0 Å². The number of amides is 1. The van der Waals surface area contributed by atoms with Gasteiger partial charge in [0.25, 0.3) is 5.91 Å². The number of hydrogen-bond acceptors (Lipinski definition) is 1. The van der Waals surface area contributed by atoms with E-state index in [1.54, 1.807) is 6.20 Å². The normalized spacial score (nSPS) is 15.3. The van der Waals surface area contributed by atoms with E-state index in [0.29, 0.717) is 6.04 Å². The average molecular weight is 279 g/mol. The standard InChI is InChI=1S/C12H11BrN2O/c13-7-1-4-11-9(5-7)10(6-14-11)12(16)15-8-2-3-8/h1,4-6,8,14H,2-3H2,(H,15,16). The Balaban J connectivity index is 2.01. The number of aromatic amines is 1. The Labute approximate surface area is 101 Å². The molecule has 0 bridgehead atoms. The number of benzene rings is 1. The van der Waals surface area contributed by atoms with Crippen LogP contribution in [0.15, 0.2) is 28.9 Å². The van der Waals surface area contributed by atoms with E-state index in [1.165, 1.54) is 0 Å². The van der Waals surface area contributed by atoms with Gasteiger partial charge in [0.1, 0.15) is 0 Å². The first kappa shape index (κ1) is 9.90. The van der Waals surface area contributed by atoms with Crippen molar-refractivity contribution in [2.45, 2.75) is 18.9 Å². The number of carbonyl (C=O) groups is 1. The number of hydrogen-bond donors (Lipinski definition) is 2. The van der Waals surface area contributed by atoms with Gasteiger partial charge in [0.05, 0.1) is 5.56 Å². The number of H-pyrrole nitrogens is 1. The van der Waals surface area contributed by atoms with E-state index in [1.807, 2.05) is 18.2 Å². The van der Waals surface area contributed by atoms with E-state index < -0.39 is 0 Å². The monoisotopic (exact) mass is 278 g/mol. The molecule has 4 heteroatoms. The molecule has 1 aromatic carbocycles. The van der Waals surface area contributed by atoms with Crippen LogP contribution in [-0.2, 0) is 0 Å². The van der Waals surface area contributed by atoms with Crippen LogP contribution in [0.3, 0.4) is 0 Å². The molecule has 82 valence electrons. The molecule has 0 unspecified atom stereocenters. The molecule has 1 aromatic heterocycles. The highest BCUT2D eigenvalue weighted by atomic mass is 79.9. The summed E-state index contributed by atoms with van der Waals surface area (Å²) in [6, 6.07) is 6.28. The Morgan fingerprint density at radius 3 is 3.00 bits per heavy atom. The van der Waals surface area contributed by atoms with Crippen LogP contribution in [0.4, 0.5) is 0 Å². The van der Waals surface area contributed by atoms with Crippen LogP contribution in [0.2, 0.25) is 0 Å². The molecule has 2 N–H and O–H groups in total. The lowest BCUT2D eigenvalue weighted by atomic mass is 10.1. The van der Waals surface area contributed by atoms with Crippen molar-refractivity contribution in [3.8, 4) is 0 Å². The molecular formula is C12H11BrN2O. The summed E-state index contributed by atoms with van der Waals surface area (Å²) in [6.07, 6.45) is 3.99. The summed E-state index contributed by atoms with van der Waals surface area (Å²) in [4.78, 5) is 15.0. The Morgan fingerprint density at radius 2 is 2.25 bits per heavy atom. The Kier molecular flexibility index (Phi) is 2.24. The van der Waals surface area contributed by atoms with Crippen LogP contribution in [0.5, 0.6) is 0 Å². The third kappa shape index (κ3) is 1.73. The van der Waals surface area contributed by atoms with Crippen LogP contribution in [0.1, 0.15) is 23.2 Å². The fraction of sp³-hybridized carbons (Fsp3) is 0.250. The summed E-state index contributed by atoms with van der Waals surface area (Å²) < 4.78 is 0.986. The highest BCUT2D eigenvalue weighted by Crippen LogP contribution is 2.24. The summed E-state index contributed by atoms with van der Waals surface area (Å²) in [6.45, 7) is 0. The van der Waals surface area contributed by atoms with Gasteiger partial charge in [-0.2, -0.15) is 0 Å². The van der Waals surface area contributed by atoms with Gasteiger partial charge in [-0.1, -0.05) is 15.9 Å². The summed E-state index contributed by atoms with van der Waals surface area (Å²) >= 11 is 3.42. The zero-order valence-electron chi connectivity index (χ0n) is 8.59. The zero-order valence-corrected chi connectivity index (χ0v) is 10.2. The number of halogens is 1. The molecule has 1 fully saturated rings. The van der Waals surface area contributed by atoms with Crippen LogP contribution in [0, 0.1) is 0 Å². The Hall–Kier alpha value is -1.29. The first-order valence-corrected chi connectivity index (χ1v) is 6.11. The fourth-order valence-electron chi connectivity index (χ4n) is 1.77. The van der Waals surface area contributed by atoms with E-state index in [-0.39, 0.29) is 5.91 Å². The van der Waals surface area contributed by atoms with Crippen molar-refractivity contribution in [3.63, 3.8) is 0 Å². The summed E-state index contributed by atoms with van der Waals surface area (Å²) in [7, 11) is 0. The Morgan fingerprint density at radius 1 is 1.44 bits per heavy atom. The smallest absolute Gasteiger partial charge is 0.253 e. The van der Waals surface area contributed by atoms with Crippen molar-refractivity contribution in [2.24, 2.45) is 0 Å². The predicted octanol–water partition coefficient (Wildman–Crippen LogP) is 2.82. The van der Waals surface area contributed by atoms with Gasteiger partial charge in [0.15, 0.2) is 0 Å². The van der Waals surface area contributed by atoms with Crippen molar-refractivity contribution in [3.05, 3.63) is 34.4 Å². The second-order valence-corrected chi connectivity index (χ2v) is 5.06. The van der Waals surface area contributed by atoms with E-state index >= 15 is 0 Å².